The van der Waals surface area contributed by atoms with Crippen LogP contribution in [0.25, 0.3) is 0 Å². The van der Waals surface area contributed by atoms with Gasteiger partial charge in [0.25, 0.3) is 0 Å². The van der Waals surface area contributed by atoms with Gasteiger partial charge in [-0.1, -0.05) is 69.2 Å². The number of allylic oxidation sites excluding steroid dienone is 1. The Hall–Kier alpha value is -2.67. The largest absolute Gasteiger partial charge is 0.394 e. The van der Waals surface area contributed by atoms with E-state index < -0.39 is 29.8 Å². The maximum atomic E-state index is 14.0. The molecule has 1 aromatic rings. The van der Waals surface area contributed by atoms with Gasteiger partial charge in [-0.2, -0.15) is 0 Å². The number of unbranched alkanes of at least 4 members (excludes halogenated alkanes) is 1. The third-order valence-corrected chi connectivity index (χ3v) is 7.01. The molecule has 0 spiro atoms. The van der Waals surface area contributed by atoms with Gasteiger partial charge in [-0.05, 0) is 24.3 Å². The zero-order valence-corrected chi connectivity index (χ0v) is 19.9. The van der Waals surface area contributed by atoms with Crippen LogP contribution in [0.4, 0.5) is 0 Å². The minimum atomic E-state index is -0.775. The summed E-state index contributed by atoms with van der Waals surface area (Å²) in [6, 6.07) is 7.86. The number of carbonyl (C=O) groups excluding carboxylic acids is 3. The first-order chi connectivity index (χ1) is 16.0. The summed E-state index contributed by atoms with van der Waals surface area (Å²) in [4.78, 5) is 41.9. The van der Waals surface area contributed by atoms with E-state index in [1.807, 2.05) is 42.5 Å². The number of rotatable bonds is 10. The third-order valence-electron chi connectivity index (χ3n) is 7.01. The molecule has 3 N–H and O–H groups in total. The van der Waals surface area contributed by atoms with Crippen molar-refractivity contribution in [3.63, 3.8) is 0 Å². The van der Waals surface area contributed by atoms with Gasteiger partial charge >= 0.3 is 0 Å². The molecule has 0 bridgehead atoms. The molecule has 7 nitrogen and oxygen atoms in total. The fraction of sp³-hybridized carbons (Fsp3) is 0.577. The topological polar surface area (TPSA) is 98.7 Å². The Bertz CT molecular complexity index is 856. The smallest absolute Gasteiger partial charge is 0.243 e. The second-order valence-corrected chi connectivity index (χ2v) is 9.02. The summed E-state index contributed by atoms with van der Waals surface area (Å²) in [6.07, 6.45) is 7.46. The maximum absolute atomic E-state index is 14.0. The lowest BCUT2D eigenvalue weighted by molar-refractivity contribution is -0.143. The number of amides is 3. The van der Waals surface area contributed by atoms with Crippen molar-refractivity contribution in [2.24, 2.45) is 23.7 Å². The van der Waals surface area contributed by atoms with Crippen LogP contribution in [0.3, 0.4) is 0 Å². The highest BCUT2D eigenvalue weighted by molar-refractivity contribution is 5.97. The van der Waals surface area contributed by atoms with Crippen LogP contribution in [0.15, 0.2) is 42.5 Å². The Morgan fingerprint density at radius 3 is 2.42 bits per heavy atom. The van der Waals surface area contributed by atoms with Crippen LogP contribution in [0.2, 0.25) is 0 Å². The van der Waals surface area contributed by atoms with Crippen LogP contribution in [0, 0.1) is 23.7 Å². The summed E-state index contributed by atoms with van der Waals surface area (Å²) in [5.41, 5.74) is 0.768. The van der Waals surface area contributed by atoms with Gasteiger partial charge in [0.2, 0.25) is 17.7 Å². The van der Waals surface area contributed by atoms with E-state index in [1.165, 1.54) is 0 Å². The molecule has 33 heavy (non-hydrogen) atoms. The molecule has 180 valence electrons. The van der Waals surface area contributed by atoms with E-state index in [2.05, 4.69) is 24.5 Å². The first-order valence-electron chi connectivity index (χ1n) is 12.2. The predicted octanol–water partition coefficient (Wildman–Crippen LogP) is 2.43. The number of aliphatic hydroxyl groups is 1. The average Bonchev–Trinajstić information content (AvgIpc) is 3.12. The number of hydrogen-bond acceptors (Lipinski definition) is 4. The van der Waals surface area contributed by atoms with Crippen LogP contribution in [-0.2, 0) is 14.4 Å². The highest BCUT2D eigenvalue weighted by Crippen LogP contribution is 2.47. The Morgan fingerprint density at radius 1 is 1.09 bits per heavy atom. The number of hydrogen-bond donors (Lipinski definition) is 3. The van der Waals surface area contributed by atoms with Crippen molar-refractivity contribution >= 4 is 17.7 Å². The van der Waals surface area contributed by atoms with Crippen molar-refractivity contribution in [2.75, 3.05) is 20.2 Å². The molecule has 0 aromatic heterocycles. The molecule has 3 amide bonds. The number of nitrogens with one attached hydrogen (secondary N) is 2. The minimum absolute atomic E-state index is 0.0618. The lowest BCUT2D eigenvalue weighted by atomic mass is 9.68. The van der Waals surface area contributed by atoms with Gasteiger partial charge in [0.05, 0.1) is 24.5 Å². The SMILES string of the molecule is CCCCNC(=O)[C@@H]1[C@H]2C=C[C@@H](CCC)[C@@H](C(=O)NC)[C@H]2C(=O)N1[C@H](CO)c1ccccc1. The number of aliphatic hydroxyl groups excluding tert-OH is 1. The Morgan fingerprint density at radius 2 is 1.82 bits per heavy atom. The fourth-order valence-corrected chi connectivity index (χ4v) is 5.43. The molecule has 0 radical (unpaired) electrons. The lowest BCUT2D eigenvalue weighted by Crippen LogP contribution is -2.49. The molecule has 7 heteroatoms. The van der Waals surface area contributed by atoms with Crippen molar-refractivity contribution in [1.29, 1.82) is 0 Å². The van der Waals surface area contributed by atoms with E-state index in [0.717, 1.165) is 31.2 Å². The molecule has 1 saturated heterocycles. The highest BCUT2D eigenvalue weighted by Gasteiger charge is 2.58. The zero-order valence-electron chi connectivity index (χ0n) is 19.9. The number of nitrogens with zero attached hydrogens (tertiary/aromatic N) is 1. The molecule has 1 fully saturated rings. The van der Waals surface area contributed by atoms with E-state index in [-0.39, 0.29) is 30.2 Å². The molecule has 1 heterocycles. The Labute approximate surface area is 196 Å². The normalized spacial score (nSPS) is 27.2. The average molecular weight is 456 g/mol. The van der Waals surface area contributed by atoms with Crippen LogP contribution >= 0.6 is 0 Å². The van der Waals surface area contributed by atoms with Crippen LogP contribution in [0.1, 0.15) is 51.1 Å². The molecule has 0 saturated carbocycles. The summed E-state index contributed by atoms with van der Waals surface area (Å²) in [5, 5.41) is 16.1. The van der Waals surface area contributed by atoms with E-state index in [9.17, 15) is 19.5 Å². The number of likely N-dealkylation sites (tertiary alicyclic amines) is 1. The van der Waals surface area contributed by atoms with Gasteiger partial charge in [0.15, 0.2) is 0 Å². The molecular formula is C26H37N3O4. The van der Waals surface area contributed by atoms with Crippen LogP contribution < -0.4 is 10.6 Å². The minimum Gasteiger partial charge on any atom is -0.394 e. The molecular weight excluding hydrogens is 418 g/mol. The summed E-state index contributed by atoms with van der Waals surface area (Å²) in [5.74, 6) is -2.30. The summed E-state index contributed by atoms with van der Waals surface area (Å²) in [6.45, 7) is 4.34. The van der Waals surface area contributed by atoms with Gasteiger partial charge in [0.1, 0.15) is 6.04 Å². The lowest BCUT2D eigenvalue weighted by Gasteiger charge is -2.34. The van der Waals surface area contributed by atoms with Crippen molar-refractivity contribution < 1.29 is 19.5 Å². The van der Waals surface area contributed by atoms with Crippen molar-refractivity contribution in [1.82, 2.24) is 15.5 Å². The van der Waals surface area contributed by atoms with Gasteiger partial charge < -0.3 is 20.6 Å². The van der Waals surface area contributed by atoms with Crippen molar-refractivity contribution in [3.05, 3.63) is 48.0 Å². The molecule has 1 aromatic carbocycles. The first-order valence-corrected chi connectivity index (χ1v) is 12.2. The van der Waals surface area contributed by atoms with Gasteiger partial charge in [-0.15, -0.1) is 0 Å². The Kier molecular flexibility index (Phi) is 8.67. The molecule has 0 unspecified atom stereocenters. The van der Waals surface area contributed by atoms with Crippen LogP contribution in [0.5, 0.6) is 0 Å². The third kappa shape index (κ3) is 4.98. The summed E-state index contributed by atoms with van der Waals surface area (Å²) < 4.78 is 0. The number of fused-ring (bicyclic) bond motifs is 1. The van der Waals surface area contributed by atoms with E-state index in [1.54, 1.807) is 11.9 Å². The highest BCUT2D eigenvalue weighted by atomic mass is 16.3. The second kappa shape index (κ2) is 11.5. The van der Waals surface area contributed by atoms with Crippen molar-refractivity contribution in [2.45, 2.75) is 51.6 Å². The molecule has 1 aliphatic heterocycles. The number of benzene rings is 1. The van der Waals surface area contributed by atoms with E-state index in [4.69, 9.17) is 0 Å². The van der Waals surface area contributed by atoms with Crippen molar-refractivity contribution in [3.8, 4) is 0 Å². The monoisotopic (exact) mass is 455 g/mol. The zero-order chi connectivity index (χ0) is 24.0. The first kappa shape index (κ1) is 25.0. The van der Waals surface area contributed by atoms with Gasteiger partial charge in [-0.25, -0.2) is 0 Å². The molecule has 2 aliphatic rings. The maximum Gasteiger partial charge on any atom is 0.243 e. The number of carbonyl (C=O) groups is 3. The summed E-state index contributed by atoms with van der Waals surface area (Å²) in [7, 11) is 1.59. The second-order valence-electron chi connectivity index (χ2n) is 9.02. The molecule has 6 atom stereocenters. The standard InChI is InChI=1S/C26H37N3O4/c1-4-6-15-28-25(32)23-19-14-13-18(10-5-2)21(24(31)27-3)22(19)26(33)29(23)20(16-30)17-11-8-7-9-12-17/h7-9,11-14,18-23,30H,4-6,10,15-16H2,1-3H3,(H,27,31)(H,28,32)/t18-,19+,20-,21-,22+,23+/m1/s1. The van der Waals surface area contributed by atoms with E-state index in [0.29, 0.717) is 6.54 Å². The quantitative estimate of drug-likeness (QED) is 0.373. The predicted molar refractivity (Wildman–Crippen MR) is 127 cm³/mol. The molecule has 3 rings (SSSR count). The van der Waals surface area contributed by atoms with Crippen LogP contribution in [-0.4, -0.2) is 54.0 Å². The van der Waals surface area contributed by atoms with Gasteiger partial charge in [-0.3, -0.25) is 14.4 Å². The van der Waals surface area contributed by atoms with Gasteiger partial charge in [0, 0.05) is 19.5 Å². The molecule has 1 aliphatic carbocycles. The fourth-order valence-electron chi connectivity index (χ4n) is 5.43. The summed E-state index contributed by atoms with van der Waals surface area (Å²) >= 11 is 0. The Balaban J connectivity index is 2.06. The van der Waals surface area contributed by atoms with E-state index >= 15 is 0 Å².